The van der Waals surface area contributed by atoms with E-state index >= 15 is 0 Å². The summed E-state index contributed by atoms with van der Waals surface area (Å²) in [6.45, 7) is 7.78. The van der Waals surface area contributed by atoms with E-state index in [0.29, 0.717) is 18.4 Å². The average Bonchev–Trinajstić information content (AvgIpc) is 2.48. The second-order valence-corrected chi connectivity index (χ2v) is 5.59. The highest BCUT2D eigenvalue weighted by atomic mass is 16.6. The van der Waals surface area contributed by atoms with Crippen LogP contribution in [0, 0.1) is 6.92 Å². The van der Waals surface area contributed by atoms with E-state index < -0.39 is 23.8 Å². The molecule has 1 rings (SSSR count). The first-order valence-corrected chi connectivity index (χ1v) is 7.37. The highest BCUT2D eigenvalue weighted by molar-refractivity contribution is 5.76. The topological polar surface area (TPSA) is 55.8 Å². The fourth-order valence-corrected chi connectivity index (χ4v) is 1.99. The first-order valence-electron chi connectivity index (χ1n) is 7.37. The first-order chi connectivity index (χ1) is 9.86. The molecular weight excluding hydrogens is 268 g/mol. The number of aliphatic hydroxyl groups is 1. The van der Waals surface area contributed by atoms with Crippen LogP contribution in [-0.4, -0.2) is 29.9 Å². The Morgan fingerprint density at radius 3 is 2.19 bits per heavy atom. The van der Waals surface area contributed by atoms with Gasteiger partial charge in [-0.3, -0.25) is 0 Å². The highest BCUT2D eigenvalue weighted by Crippen LogP contribution is 2.25. The SMILES string of the molecule is CCC(C)(CC)OC(=O)[C@@H](OC)[C@@H](O)c1ccc(C)cc1. The van der Waals surface area contributed by atoms with Crippen molar-refractivity contribution in [3.05, 3.63) is 35.4 Å². The molecule has 0 aliphatic rings. The Labute approximate surface area is 127 Å². The second kappa shape index (κ2) is 7.57. The van der Waals surface area contributed by atoms with Crippen LogP contribution >= 0.6 is 0 Å². The number of hydrogen-bond acceptors (Lipinski definition) is 4. The summed E-state index contributed by atoms with van der Waals surface area (Å²) in [5.41, 5.74) is 1.20. The molecule has 0 amide bonds. The molecule has 118 valence electrons. The van der Waals surface area contributed by atoms with E-state index in [0.717, 1.165) is 5.56 Å². The van der Waals surface area contributed by atoms with Crippen LogP contribution in [0.5, 0.6) is 0 Å². The summed E-state index contributed by atoms with van der Waals surface area (Å²) in [4.78, 5) is 12.3. The lowest BCUT2D eigenvalue weighted by molar-refractivity contribution is -0.177. The summed E-state index contributed by atoms with van der Waals surface area (Å²) in [5, 5.41) is 10.4. The van der Waals surface area contributed by atoms with Gasteiger partial charge < -0.3 is 14.6 Å². The monoisotopic (exact) mass is 294 g/mol. The lowest BCUT2D eigenvalue weighted by Gasteiger charge is -2.30. The normalized spacial score (nSPS) is 14.6. The predicted molar refractivity (Wildman–Crippen MR) is 82.0 cm³/mol. The van der Waals surface area contributed by atoms with Crippen molar-refractivity contribution in [2.24, 2.45) is 0 Å². The van der Waals surface area contributed by atoms with Crippen LogP contribution in [0.4, 0.5) is 0 Å². The Bertz CT molecular complexity index is 448. The van der Waals surface area contributed by atoms with Crippen molar-refractivity contribution in [1.82, 2.24) is 0 Å². The summed E-state index contributed by atoms with van der Waals surface area (Å²) in [6, 6.07) is 7.36. The lowest BCUT2D eigenvalue weighted by atomic mass is 9.99. The third kappa shape index (κ3) is 4.55. The third-order valence-corrected chi connectivity index (χ3v) is 4.03. The van der Waals surface area contributed by atoms with Crippen molar-refractivity contribution >= 4 is 5.97 Å². The number of rotatable bonds is 7. The Kier molecular flexibility index (Phi) is 6.37. The summed E-state index contributed by atoms with van der Waals surface area (Å²) >= 11 is 0. The van der Waals surface area contributed by atoms with Crippen molar-refractivity contribution in [3.63, 3.8) is 0 Å². The van der Waals surface area contributed by atoms with E-state index in [2.05, 4.69) is 0 Å². The molecular formula is C17H26O4. The van der Waals surface area contributed by atoms with Gasteiger partial charge in [0.25, 0.3) is 0 Å². The van der Waals surface area contributed by atoms with Crippen LogP contribution in [0.15, 0.2) is 24.3 Å². The molecule has 0 unspecified atom stereocenters. The van der Waals surface area contributed by atoms with Gasteiger partial charge in [-0.1, -0.05) is 43.7 Å². The molecule has 0 bridgehead atoms. The minimum absolute atomic E-state index is 0.527. The minimum atomic E-state index is -1.04. The van der Waals surface area contributed by atoms with E-state index in [1.54, 1.807) is 12.1 Å². The van der Waals surface area contributed by atoms with Gasteiger partial charge in [0, 0.05) is 7.11 Å². The van der Waals surface area contributed by atoms with Crippen LogP contribution in [0.2, 0.25) is 0 Å². The van der Waals surface area contributed by atoms with Gasteiger partial charge in [0.2, 0.25) is 0 Å². The molecule has 0 fully saturated rings. The molecule has 4 nitrogen and oxygen atoms in total. The molecule has 0 saturated carbocycles. The van der Waals surface area contributed by atoms with Gasteiger partial charge in [-0.05, 0) is 32.3 Å². The zero-order valence-electron chi connectivity index (χ0n) is 13.6. The molecule has 0 radical (unpaired) electrons. The molecule has 0 aromatic heterocycles. The van der Waals surface area contributed by atoms with Gasteiger partial charge in [0.15, 0.2) is 6.10 Å². The number of ether oxygens (including phenoxy) is 2. The lowest BCUT2D eigenvalue weighted by Crippen LogP contribution is -2.39. The van der Waals surface area contributed by atoms with Gasteiger partial charge in [-0.2, -0.15) is 0 Å². The van der Waals surface area contributed by atoms with Crippen LogP contribution in [0.3, 0.4) is 0 Å². The zero-order chi connectivity index (χ0) is 16.0. The van der Waals surface area contributed by atoms with E-state index in [-0.39, 0.29) is 0 Å². The number of carbonyl (C=O) groups excluding carboxylic acids is 1. The number of methoxy groups -OCH3 is 1. The van der Waals surface area contributed by atoms with E-state index in [1.807, 2.05) is 39.8 Å². The van der Waals surface area contributed by atoms with E-state index in [9.17, 15) is 9.90 Å². The number of benzene rings is 1. The molecule has 0 saturated heterocycles. The van der Waals surface area contributed by atoms with Crippen LogP contribution in [0.25, 0.3) is 0 Å². The second-order valence-electron chi connectivity index (χ2n) is 5.59. The van der Waals surface area contributed by atoms with Crippen LogP contribution in [0.1, 0.15) is 50.8 Å². The van der Waals surface area contributed by atoms with E-state index in [4.69, 9.17) is 9.47 Å². The largest absolute Gasteiger partial charge is 0.457 e. The molecule has 21 heavy (non-hydrogen) atoms. The molecule has 0 aliphatic heterocycles. The Balaban J connectivity index is 2.86. The molecule has 1 aromatic rings. The molecule has 1 aromatic carbocycles. The van der Waals surface area contributed by atoms with Crippen LogP contribution in [-0.2, 0) is 14.3 Å². The quantitative estimate of drug-likeness (QED) is 0.785. The van der Waals surface area contributed by atoms with Gasteiger partial charge in [0.1, 0.15) is 11.7 Å². The maximum absolute atomic E-state index is 12.3. The Morgan fingerprint density at radius 2 is 1.76 bits per heavy atom. The molecule has 1 N–H and O–H groups in total. The smallest absolute Gasteiger partial charge is 0.338 e. The van der Waals surface area contributed by atoms with Crippen LogP contribution < -0.4 is 0 Å². The molecule has 2 atom stereocenters. The van der Waals surface area contributed by atoms with Crippen molar-refractivity contribution in [1.29, 1.82) is 0 Å². The number of aryl methyl sites for hydroxylation is 1. The van der Waals surface area contributed by atoms with Gasteiger partial charge in [-0.15, -0.1) is 0 Å². The van der Waals surface area contributed by atoms with Crippen molar-refractivity contribution in [3.8, 4) is 0 Å². The van der Waals surface area contributed by atoms with Crippen molar-refractivity contribution in [2.75, 3.05) is 7.11 Å². The minimum Gasteiger partial charge on any atom is -0.457 e. The maximum atomic E-state index is 12.3. The van der Waals surface area contributed by atoms with Gasteiger partial charge in [-0.25, -0.2) is 4.79 Å². The summed E-state index contributed by atoms with van der Waals surface area (Å²) in [6.07, 6.45) is -0.635. The van der Waals surface area contributed by atoms with Crippen molar-refractivity contribution < 1.29 is 19.4 Å². The Morgan fingerprint density at radius 1 is 1.24 bits per heavy atom. The molecule has 0 heterocycles. The fraction of sp³-hybridized carbons (Fsp3) is 0.588. The molecule has 0 aliphatic carbocycles. The fourth-order valence-electron chi connectivity index (χ4n) is 1.99. The summed E-state index contributed by atoms with van der Waals surface area (Å²) in [5.74, 6) is -0.531. The summed E-state index contributed by atoms with van der Waals surface area (Å²) in [7, 11) is 1.40. The van der Waals surface area contributed by atoms with E-state index in [1.165, 1.54) is 7.11 Å². The number of esters is 1. The number of carbonyl (C=O) groups is 1. The van der Waals surface area contributed by atoms with Gasteiger partial charge >= 0.3 is 5.97 Å². The standard InChI is InChI=1S/C17H26O4/c1-6-17(4,7-2)21-16(19)15(20-5)14(18)13-10-8-12(3)9-11-13/h8-11,14-15,18H,6-7H2,1-5H3/t14-,15-/m0/s1. The zero-order valence-corrected chi connectivity index (χ0v) is 13.6. The molecule has 0 spiro atoms. The number of hydrogen-bond donors (Lipinski definition) is 1. The maximum Gasteiger partial charge on any atom is 0.338 e. The number of aliphatic hydroxyl groups excluding tert-OH is 1. The van der Waals surface area contributed by atoms with Gasteiger partial charge in [0.05, 0.1) is 0 Å². The third-order valence-electron chi connectivity index (χ3n) is 4.03. The molecule has 4 heteroatoms. The Hall–Kier alpha value is -1.39. The highest BCUT2D eigenvalue weighted by Gasteiger charge is 2.34. The van der Waals surface area contributed by atoms with Crippen molar-refractivity contribution in [2.45, 2.75) is 58.3 Å². The summed E-state index contributed by atoms with van der Waals surface area (Å²) < 4.78 is 10.7. The first kappa shape index (κ1) is 17.7. The predicted octanol–water partition coefficient (Wildman–Crippen LogP) is 3.17. The average molecular weight is 294 g/mol.